The molecular weight excluding hydrogens is 290 g/mol. The molecule has 1 nitrogen and oxygen atoms in total. The Morgan fingerprint density at radius 3 is 1.54 bits per heavy atom. The zero-order valence-corrected chi connectivity index (χ0v) is 16.5. The largest absolute Gasteiger partial charge is 0.297 e. The maximum Gasteiger partial charge on any atom is 0.0964 e. The first-order valence-electron chi connectivity index (χ1n) is 10.4. The molecular formula is C23H40N+. The molecule has 0 N–H and O–H groups in total. The Labute approximate surface area is 151 Å². The third-order valence-corrected chi connectivity index (χ3v) is 5.00. The predicted molar refractivity (Wildman–Crippen MR) is 109 cm³/mol. The maximum absolute atomic E-state index is 2.52. The van der Waals surface area contributed by atoms with Crippen LogP contribution in [0.25, 0.3) is 6.08 Å². The van der Waals surface area contributed by atoms with Crippen molar-refractivity contribution < 1.29 is 4.48 Å². The molecule has 0 unspecified atom stereocenters. The normalized spacial score (nSPS) is 12.1. The summed E-state index contributed by atoms with van der Waals surface area (Å²) in [5.41, 5.74) is 1.33. The van der Waals surface area contributed by atoms with Crippen LogP contribution in [0.1, 0.15) is 84.1 Å². The van der Waals surface area contributed by atoms with Gasteiger partial charge in [0.25, 0.3) is 0 Å². The summed E-state index contributed by atoms with van der Waals surface area (Å²) in [6.45, 7) is 10.9. The first kappa shape index (κ1) is 21.0. The van der Waals surface area contributed by atoms with Crippen molar-refractivity contribution in [2.24, 2.45) is 0 Å². The summed E-state index contributed by atoms with van der Waals surface area (Å²) in [5, 5.41) is 0. The number of hydrogen-bond donors (Lipinski definition) is 0. The van der Waals surface area contributed by atoms with Crippen molar-refractivity contribution in [2.75, 3.05) is 19.6 Å². The Hall–Kier alpha value is -1.08. The van der Waals surface area contributed by atoms with Crippen LogP contribution in [-0.4, -0.2) is 24.1 Å². The van der Waals surface area contributed by atoms with Gasteiger partial charge in [0.1, 0.15) is 0 Å². The summed E-state index contributed by atoms with van der Waals surface area (Å²) in [5.74, 6) is 0. The molecule has 0 spiro atoms. The summed E-state index contributed by atoms with van der Waals surface area (Å²) in [6, 6.07) is 10.8. The molecule has 1 rings (SSSR count). The fraction of sp³-hybridized carbons (Fsp3) is 0.652. The fourth-order valence-electron chi connectivity index (χ4n) is 3.40. The van der Waals surface area contributed by atoms with Gasteiger partial charge >= 0.3 is 0 Å². The van der Waals surface area contributed by atoms with Crippen LogP contribution in [0.2, 0.25) is 0 Å². The molecule has 0 saturated heterocycles. The molecule has 0 atom stereocenters. The van der Waals surface area contributed by atoms with Gasteiger partial charge in [0, 0.05) is 0 Å². The molecule has 136 valence electrons. The number of unbranched alkanes of at least 4 members (excludes halogenated alkanes) is 6. The maximum atomic E-state index is 2.52. The highest BCUT2D eigenvalue weighted by atomic mass is 15.3. The molecule has 0 fully saturated rings. The summed E-state index contributed by atoms with van der Waals surface area (Å²) in [4.78, 5) is 0. The summed E-state index contributed by atoms with van der Waals surface area (Å²) in [7, 11) is 0. The van der Waals surface area contributed by atoms with E-state index < -0.39 is 0 Å². The second-order valence-electron chi connectivity index (χ2n) is 7.24. The third kappa shape index (κ3) is 8.68. The molecule has 1 heteroatoms. The van der Waals surface area contributed by atoms with Crippen LogP contribution in [0.4, 0.5) is 0 Å². The lowest BCUT2D eigenvalue weighted by molar-refractivity contribution is -0.879. The summed E-state index contributed by atoms with van der Waals surface area (Å²) < 4.78 is 1.19. The molecule has 0 aliphatic heterocycles. The molecule has 0 aliphatic rings. The molecule has 0 aromatic heterocycles. The Morgan fingerprint density at radius 2 is 1.12 bits per heavy atom. The van der Waals surface area contributed by atoms with E-state index in [2.05, 4.69) is 63.4 Å². The smallest absolute Gasteiger partial charge is 0.0964 e. The predicted octanol–water partition coefficient (Wildman–Crippen LogP) is 7.04. The lowest BCUT2D eigenvalue weighted by atomic mass is 10.1. The minimum atomic E-state index is 1.19. The van der Waals surface area contributed by atoms with Crippen molar-refractivity contribution in [2.45, 2.75) is 78.6 Å². The van der Waals surface area contributed by atoms with E-state index in [0.717, 1.165) is 0 Å². The van der Waals surface area contributed by atoms with Crippen LogP contribution in [0.3, 0.4) is 0 Å². The van der Waals surface area contributed by atoms with Crippen LogP contribution >= 0.6 is 0 Å². The van der Waals surface area contributed by atoms with E-state index in [1.807, 2.05) is 0 Å². The van der Waals surface area contributed by atoms with E-state index in [9.17, 15) is 0 Å². The van der Waals surface area contributed by atoms with Crippen LogP contribution < -0.4 is 0 Å². The summed E-state index contributed by atoms with van der Waals surface area (Å²) >= 11 is 0. The number of rotatable bonds is 14. The highest BCUT2D eigenvalue weighted by Gasteiger charge is 2.23. The second-order valence-corrected chi connectivity index (χ2v) is 7.24. The number of benzene rings is 1. The zero-order chi connectivity index (χ0) is 17.5. The van der Waals surface area contributed by atoms with E-state index >= 15 is 0 Å². The Morgan fingerprint density at radius 1 is 0.667 bits per heavy atom. The van der Waals surface area contributed by atoms with Gasteiger partial charge in [-0.3, -0.25) is 4.48 Å². The molecule has 0 bridgehead atoms. The van der Waals surface area contributed by atoms with Crippen LogP contribution in [0.15, 0.2) is 36.5 Å². The molecule has 0 amide bonds. The molecule has 0 radical (unpaired) electrons. The lowest BCUT2D eigenvalue weighted by Crippen LogP contribution is -2.45. The number of hydrogen-bond acceptors (Lipinski definition) is 0. The minimum absolute atomic E-state index is 1.19. The topological polar surface area (TPSA) is 0 Å². The van der Waals surface area contributed by atoms with Crippen LogP contribution in [0.5, 0.6) is 0 Å². The van der Waals surface area contributed by atoms with E-state index in [0.29, 0.717) is 0 Å². The molecule has 0 heterocycles. The van der Waals surface area contributed by atoms with E-state index in [-0.39, 0.29) is 0 Å². The highest BCUT2D eigenvalue weighted by molar-refractivity contribution is 5.47. The zero-order valence-electron chi connectivity index (χ0n) is 16.5. The standard InChI is InChI=1S/C23H40N/c1-4-7-13-19-24(20-14-8-5-2,21-15-9-6-3)22-18-23-16-11-10-12-17-23/h10-12,16-18,22H,4-9,13-15,19-21H2,1-3H3/q+1. The first-order valence-corrected chi connectivity index (χ1v) is 10.4. The van der Waals surface area contributed by atoms with Crippen LogP contribution in [-0.2, 0) is 0 Å². The molecule has 0 saturated carbocycles. The second kappa shape index (κ2) is 13.2. The van der Waals surface area contributed by atoms with Gasteiger partial charge in [-0.15, -0.1) is 0 Å². The molecule has 1 aromatic carbocycles. The molecule has 24 heavy (non-hydrogen) atoms. The van der Waals surface area contributed by atoms with Crippen molar-refractivity contribution in [3.63, 3.8) is 0 Å². The minimum Gasteiger partial charge on any atom is -0.297 e. The third-order valence-electron chi connectivity index (χ3n) is 5.00. The van der Waals surface area contributed by atoms with Crippen molar-refractivity contribution >= 4 is 6.08 Å². The van der Waals surface area contributed by atoms with E-state index in [4.69, 9.17) is 0 Å². The van der Waals surface area contributed by atoms with E-state index in [1.165, 1.54) is 87.5 Å². The summed E-state index contributed by atoms with van der Waals surface area (Å²) in [6.07, 6.45) is 17.0. The van der Waals surface area contributed by atoms with Gasteiger partial charge in [-0.25, -0.2) is 0 Å². The van der Waals surface area contributed by atoms with Crippen molar-refractivity contribution in [1.82, 2.24) is 0 Å². The Bertz CT molecular complexity index is 394. The average Bonchev–Trinajstić information content (AvgIpc) is 2.61. The van der Waals surface area contributed by atoms with E-state index in [1.54, 1.807) is 0 Å². The number of nitrogens with zero attached hydrogens (tertiary/aromatic N) is 1. The van der Waals surface area contributed by atoms with Crippen molar-refractivity contribution in [3.8, 4) is 0 Å². The van der Waals surface area contributed by atoms with Gasteiger partial charge in [-0.2, -0.15) is 0 Å². The van der Waals surface area contributed by atoms with Gasteiger partial charge in [0.05, 0.1) is 25.8 Å². The monoisotopic (exact) mass is 330 g/mol. The van der Waals surface area contributed by atoms with Crippen molar-refractivity contribution in [1.29, 1.82) is 0 Å². The first-order chi connectivity index (χ1) is 11.8. The average molecular weight is 331 g/mol. The number of quaternary nitrogens is 1. The SMILES string of the molecule is CCCCC[N+](C=Cc1ccccc1)(CCCCC)CCCCC. The highest BCUT2D eigenvalue weighted by Crippen LogP contribution is 2.19. The van der Waals surface area contributed by atoms with Gasteiger partial charge in [-0.1, -0.05) is 70.4 Å². The van der Waals surface area contributed by atoms with Crippen LogP contribution in [0, 0.1) is 0 Å². The quantitative estimate of drug-likeness (QED) is 0.253. The van der Waals surface area contributed by atoms with Gasteiger partial charge in [-0.05, 0) is 50.2 Å². The Balaban J connectivity index is 2.85. The fourth-order valence-corrected chi connectivity index (χ4v) is 3.40. The van der Waals surface area contributed by atoms with Gasteiger partial charge < -0.3 is 0 Å². The lowest BCUT2D eigenvalue weighted by Gasteiger charge is -2.35. The molecule has 0 aliphatic carbocycles. The van der Waals surface area contributed by atoms with Crippen molar-refractivity contribution in [3.05, 3.63) is 42.1 Å². The van der Waals surface area contributed by atoms with Gasteiger partial charge in [0.2, 0.25) is 0 Å². The Kier molecular flexibility index (Phi) is 11.6. The molecule has 1 aromatic rings. The van der Waals surface area contributed by atoms with Gasteiger partial charge in [0.15, 0.2) is 0 Å².